The van der Waals surface area contributed by atoms with Crippen LogP contribution in [-0.2, 0) is 14.6 Å². The third-order valence-corrected chi connectivity index (χ3v) is 5.43. The Morgan fingerprint density at radius 3 is 2.26 bits per heavy atom. The summed E-state index contributed by atoms with van der Waals surface area (Å²) in [5.41, 5.74) is 1.01. The van der Waals surface area contributed by atoms with E-state index in [0.717, 1.165) is 37.7 Å². The van der Waals surface area contributed by atoms with Gasteiger partial charge in [0, 0.05) is 5.92 Å². The third-order valence-electron chi connectivity index (χ3n) is 3.77. The number of hydrogen-bond acceptors (Lipinski definition) is 3. The second-order valence-electron chi connectivity index (χ2n) is 5.37. The van der Waals surface area contributed by atoms with Gasteiger partial charge in [0.2, 0.25) is 0 Å². The van der Waals surface area contributed by atoms with Crippen molar-refractivity contribution in [1.29, 1.82) is 0 Å². The summed E-state index contributed by atoms with van der Waals surface area (Å²) in [5, 5.41) is 0. The Labute approximate surface area is 114 Å². The normalized spacial score (nSPS) is 17.3. The van der Waals surface area contributed by atoms with Crippen LogP contribution in [0, 0.1) is 12.8 Å². The summed E-state index contributed by atoms with van der Waals surface area (Å²) < 4.78 is 24.4. The van der Waals surface area contributed by atoms with Gasteiger partial charge in [-0.3, -0.25) is 4.79 Å². The first kappa shape index (κ1) is 14.3. The predicted octanol–water partition coefficient (Wildman–Crippen LogP) is 2.92. The minimum absolute atomic E-state index is 0.0472. The first-order valence-electron chi connectivity index (χ1n) is 6.81. The highest BCUT2D eigenvalue weighted by Crippen LogP contribution is 2.25. The second kappa shape index (κ2) is 5.87. The Balaban J connectivity index is 2.08. The van der Waals surface area contributed by atoms with Gasteiger partial charge in [-0.1, -0.05) is 37.0 Å². The predicted molar refractivity (Wildman–Crippen MR) is 74.8 cm³/mol. The third kappa shape index (κ3) is 3.66. The van der Waals surface area contributed by atoms with Crippen molar-refractivity contribution >= 4 is 15.6 Å². The van der Waals surface area contributed by atoms with Gasteiger partial charge in [0.1, 0.15) is 5.75 Å². The van der Waals surface area contributed by atoms with Crippen LogP contribution in [0.4, 0.5) is 0 Å². The molecule has 0 N–H and O–H groups in total. The van der Waals surface area contributed by atoms with E-state index in [0.29, 0.717) is 0 Å². The van der Waals surface area contributed by atoms with Crippen molar-refractivity contribution in [1.82, 2.24) is 0 Å². The molecule has 104 valence electrons. The smallest absolute Gasteiger partial charge is 0.185 e. The van der Waals surface area contributed by atoms with Crippen LogP contribution in [0.5, 0.6) is 0 Å². The maximum absolute atomic E-state index is 12.2. The number of ketones is 1. The van der Waals surface area contributed by atoms with E-state index in [9.17, 15) is 13.2 Å². The zero-order valence-electron chi connectivity index (χ0n) is 11.3. The lowest BCUT2D eigenvalue weighted by Crippen LogP contribution is -2.25. The van der Waals surface area contributed by atoms with Crippen LogP contribution in [0.15, 0.2) is 29.2 Å². The molecule has 0 atom stereocenters. The number of carbonyl (C=O) groups is 1. The summed E-state index contributed by atoms with van der Waals surface area (Å²) in [4.78, 5) is 12.3. The van der Waals surface area contributed by atoms with E-state index in [4.69, 9.17) is 0 Å². The number of Topliss-reactive ketones (excluding diaryl/α,β-unsaturated/α-hetero) is 1. The molecule has 3 nitrogen and oxygen atoms in total. The van der Waals surface area contributed by atoms with E-state index in [-0.39, 0.29) is 22.3 Å². The van der Waals surface area contributed by atoms with Crippen LogP contribution in [-0.4, -0.2) is 20.0 Å². The number of carbonyl (C=O) groups excluding carboxylic acids is 1. The Morgan fingerprint density at radius 1 is 1.11 bits per heavy atom. The molecule has 0 unspecified atom stereocenters. The fourth-order valence-electron chi connectivity index (χ4n) is 2.56. The van der Waals surface area contributed by atoms with E-state index < -0.39 is 9.84 Å². The number of aryl methyl sites for hydroxylation is 1. The van der Waals surface area contributed by atoms with E-state index >= 15 is 0 Å². The lowest BCUT2D eigenvalue weighted by molar-refractivity contribution is -0.121. The molecule has 0 aliphatic heterocycles. The average molecular weight is 280 g/mol. The zero-order chi connectivity index (χ0) is 13.9. The van der Waals surface area contributed by atoms with Crippen LogP contribution in [0.3, 0.4) is 0 Å². The minimum Gasteiger partial charge on any atom is -0.298 e. The standard InChI is InChI=1S/C15H20O3S/c1-12-7-9-14(10-8-12)19(17,18)11-15(16)13-5-3-2-4-6-13/h7-10,13H,2-6,11H2,1H3. The Kier molecular flexibility index (Phi) is 4.40. The van der Waals surface area contributed by atoms with Gasteiger partial charge in [0.15, 0.2) is 15.6 Å². The molecule has 1 aliphatic rings. The highest BCUT2D eigenvalue weighted by Gasteiger charge is 2.26. The average Bonchev–Trinajstić information content (AvgIpc) is 2.40. The number of hydrogen-bond donors (Lipinski definition) is 0. The van der Waals surface area contributed by atoms with Crippen molar-refractivity contribution in [2.75, 3.05) is 5.75 Å². The Morgan fingerprint density at radius 2 is 1.68 bits per heavy atom. The first-order chi connectivity index (χ1) is 8.99. The van der Waals surface area contributed by atoms with Gasteiger partial charge in [-0.25, -0.2) is 8.42 Å². The molecule has 0 saturated heterocycles. The van der Waals surface area contributed by atoms with Gasteiger partial charge < -0.3 is 0 Å². The summed E-state index contributed by atoms with van der Waals surface area (Å²) >= 11 is 0. The summed E-state index contributed by atoms with van der Waals surface area (Å²) in [6.45, 7) is 1.91. The minimum atomic E-state index is -3.48. The summed E-state index contributed by atoms with van der Waals surface area (Å²) in [6.07, 6.45) is 4.95. The molecule has 1 aromatic carbocycles. The van der Waals surface area contributed by atoms with Crippen molar-refractivity contribution in [2.45, 2.75) is 43.9 Å². The van der Waals surface area contributed by atoms with E-state index in [1.807, 2.05) is 6.92 Å². The van der Waals surface area contributed by atoms with Crippen molar-refractivity contribution in [3.8, 4) is 0 Å². The van der Waals surface area contributed by atoms with Gasteiger partial charge >= 0.3 is 0 Å². The Bertz CT molecular complexity index is 537. The zero-order valence-corrected chi connectivity index (χ0v) is 12.1. The first-order valence-corrected chi connectivity index (χ1v) is 8.46. The monoisotopic (exact) mass is 280 g/mol. The van der Waals surface area contributed by atoms with Crippen molar-refractivity contribution in [3.63, 3.8) is 0 Å². The van der Waals surface area contributed by atoms with Gasteiger partial charge in [0.05, 0.1) is 4.90 Å². The number of sulfone groups is 1. The molecule has 1 aromatic rings. The second-order valence-corrected chi connectivity index (χ2v) is 7.36. The number of rotatable bonds is 4. The molecule has 19 heavy (non-hydrogen) atoms. The van der Waals surface area contributed by atoms with Gasteiger partial charge in [-0.2, -0.15) is 0 Å². The number of benzene rings is 1. The molecule has 0 aromatic heterocycles. The molecule has 1 fully saturated rings. The van der Waals surface area contributed by atoms with E-state index in [2.05, 4.69) is 0 Å². The van der Waals surface area contributed by atoms with E-state index in [1.165, 1.54) is 0 Å². The quantitative estimate of drug-likeness (QED) is 0.852. The molecule has 1 saturated carbocycles. The maximum atomic E-state index is 12.2. The fourth-order valence-corrected chi connectivity index (χ4v) is 3.89. The van der Waals surface area contributed by atoms with Gasteiger partial charge in [-0.05, 0) is 31.9 Å². The molecular weight excluding hydrogens is 260 g/mol. The molecule has 4 heteroatoms. The summed E-state index contributed by atoms with van der Waals surface area (Å²) in [6, 6.07) is 6.69. The topological polar surface area (TPSA) is 51.2 Å². The SMILES string of the molecule is Cc1ccc(S(=O)(=O)CC(=O)C2CCCCC2)cc1. The van der Waals surface area contributed by atoms with Crippen LogP contribution in [0.1, 0.15) is 37.7 Å². The van der Waals surface area contributed by atoms with Gasteiger partial charge in [-0.15, -0.1) is 0 Å². The summed E-state index contributed by atoms with van der Waals surface area (Å²) in [5.74, 6) is -0.505. The highest BCUT2D eigenvalue weighted by molar-refractivity contribution is 7.92. The molecule has 0 bridgehead atoms. The van der Waals surface area contributed by atoms with Crippen molar-refractivity contribution in [3.05, 3.63) is 29.8 Å². The molecule has 0 heterocycles. The van der Waals surface area contributed by atoms with Crippen LogP contribution >= 0.6 is 0 Å². The highest BCUT2D eigenvalue weighted by atomic mass is 32.2. The molecule has 0 spiro atoms. The molecule has 0 amide bonds. The fraction of sp³-hybridized carbons (Fsp3) is 0.533. The molecule has 0 radical (unpaired) electrons. The van der Waals surface area contributed by atoms with E-state index in [1.54, 1.807) is 24.3 Å². The molecule has 1 aliphatic carbocycles. The lowest BCUT2D eigenvalue weighted by Gasteiger charge is -2.20. The maximum Gasteiger partial charge on any atom is 0.185 e. The van der Waals surface area contributed by atoms with Crippen molar-refractivity contribution < 1.29 is 13.2 Å². The van der Waals surface area contributed by atoms with Crippen LogP contribution in [0.2, 0.25) is 0 Å². The summed E-state index contributed by atoms with van der Waals surface area (Å²) in [7, 11) is -3.48. The van der Waals surface area contributed by atoms with Crippen LogP contribution in [0.25, 0.3) is 0 Å². The van der Waals surface area contributed by atoms with Crippen LogP contribution < -0.4 is 0 Å². The molecule has 2 rings (SSSR count). The Hall–Kier alpha value is -1.16. The lowest BCUT2D eigenvalue weighted by atomic mass is 9.87. The van der Waals surface area contributed by atoms with Crippen molar-refractivity contribution in [2.24, 2.45) is 5.92 Å². The largest absolute Gasteiger partial charge is 0.298 e. The molecular formula is C15H20O3S. The van der Waals surface area contributed by atoms with Gasteiger partial charge in [0.25, 0.3) is 0 Å².